The molecule has 1 aromatic rings. The lowest BCUT2D eigenvalue weighted by Gasteiger charge is -2.12. The summed E-state index contributed by atoms with van der Waals surface area (Å²) in [7, 11) is 1.79. The molecule has 0 aromatic heterocycles. The Kier molecular flexibility index (Phi) is 6.05. The van der Waals surface area contributed by atoms with Gasteiger partial charge in [0, 0.05) is 25.4 Å². The smallest absolute Gasteiger partial charge is 0.212 e. The monoisotopic (exact) mass is 328 g/mol. The van der Waals surface area contributed by atoms with Crippen LogP contribution in [0.3, 0.4) is 0 Å². The Balaban J connectivity index is 3.27. The van der Waals surface area contributed by atoms with Gasteiger partial charge in [-0.25, -0.2) is 8.42 Å². The summed E-state index contributed by atoms with van der Waals surface area (Å²) < 4.78 is 22.2. The maximum absolute atomic E-state index is 11.1. The van der Waals surface area contributed by atoms with E-state index < -0.39 is 9.05 Å². The van der Waals surface area contributed by atoms with Crippen LogP contribution in [0.25, 0.3) is 0 Å². The Morgan fingerprint density at radius 1 is 1.06 bits per heavy atom. The van der Waals surface area contributed by atoms with E-state index >= 15 is 0 Å². The van der Waals surface area contributed by atoms with Crippen molar-refractivity contribution in [1.82, 2.24) is 0 Å². The van der Waals surface area contributed by atoms with Gasteiger partial charge in [0.25, 0.3) is 0 Å². The second-order valence-corrected chi connectivity index (χ2v) is 8.51. The summed E-state index contributed by atoms with van der Waals surface area (Å²) in [6.45, 7) is 0. The molecule has 2 nitrogen and oxygen atoms in total. The second-order valence-electron chi connectivity index (χ2n) is 3.22. The minimum absolute atomic E-state index is 0.121. The average Bonchev–Trinajstić information content (AvgIpc) is 2.25. The lowest BCUT2D eigenvalue weighted by molar-refractivity contribution is 0.608. The molecular weight excluding hydrogens is 316 g/mol. The Hall–Kier alpha value is 0.510. The van der Waals surface area contributed by atoms with Crippen molar-refractivity contribution in [1.29, 1.82) is 0 Å². The maximum Gasteiger partial charge on any atom is 0.236 e. The van der Waals surface area contributed by atoms with Crippen molar-refractivity contribution in [3.05, 3.63) is 17.7 Å². The van der Waals surface area contributed by atoms with E-state index in [1.165, 1.54) is 4.90 Å². The fourth-order valence-corrected chi connectivity index (χ4v) is 5.07. The van der Waals surface area contributed by atoms with E-state index in [0.717, 1.165) is 15.4 Å². The molecule has 7 heteroatoms. The number of hydrogen-bond acceptors (Lipinski definition) is 5. The highest BCUT2D eigenvalue weighted by molar-refractivity contribution is 8.13. The molecule has 1 aromatic carbocycles. The summed E-state index contributed by atoms with van der Waals surface area (Å²) in [6, 6.07) is 3.80. The molecule has 0 spiro atoms. The van der Waals surface area contributed by atoms with Crippen molar-refractivity contribution in [2.45, 2.75) is 20.4 Å². The summed E-state index contributed by atoms with van der Waals surface area (Å²) in [4.78, 5) is 3.39. The van der Waals surface area contributed by atoms with E-state index in [1.807, 2.05) is 30.9 Å². The van der Waals surface area contributed by atoms with Crippen molar-refractivity contribution >= 4 is 55.0 Å². The molecule has 17 heavy (non-hydrogen) atoms. The molecule has 1 rings (SSSR count). The van der Waals surface area contributed by atoms with Crippen LogP contribution >= 0.6 is 46.0 Å². The molecule has 0 saturated heterocycles. The van der Waals surface area contributed by atoms with Gasteiger partial charge in [-0.05, 0) is 36.5 Å². The Labute approximate surface area is 120 Å². The first-order chi connectivity index (χ1) is 7.91. The van der Waals surface area contributed by atoms with Crippen molar-refractivity contribution in [2.24, 2.45) is 0 Å². The Bertz CT molecular complexity index is 474. The zero-order chi connectivity index (χ0) is 13.1. The van der Waals surface area contributed by atoms with Gasteiger partial charge in [0.2, 0.25) is 9.05 Å². The molecule has 0 atom stereocenters. The first kappa shape index (κ1) is 15.6. The molecule has 96 valence electrons. The van der Waals surface area contributed by atoms with Gasteiger partial charge in [-0.1, -0.05) is 0 Å². The van der Waals surface area contributed by atoms with Gasteiger partial charge in [-0.3, -0.25) is 0 Å². The average molecular weight is 329 g/mol. The minimum Gasteiger partial charge on any atom is -0.212 e. The second kappa shape index (κ2) is 6.61. The maximum atomic E-state index is 11.1. The standard InChI is InChI=1S/C10H13ClO2S4/c1-14-8-4-7(6-17(11,12)13)5-9(15-2)10(8)16-3/h4-5H,6H2,1-3H3. The summed E-state index contributed by atoms with van der Waals surface area (Å²) >= 11 is 4.91. The molecule has 0 radical (unpaired) electrons. The first-order valence-electron chi connectivity index (χ1n) is 4.62. The lowest BCUT2D eigenvalue weighted by atomic mass is 10.2. The van der Waals surface area contributed by atoms with Crippen LogP contribution < -0.4 is 0 Å². The number of benzene rings is 1. The third-order valence-electron chi connectivity index (χ3n) is 2.06. The fraction of sp³-hybridized carbons (Fsp3) is 0.400. The van der Waals surface area contributed by atoms with Crippen LogP contribution in [0.1, 0.15) is 5.56 Å². The number of thioether (sulfide) groups is 3. The van der Waals surface area contributed by atoms with Crippen LogP contribution in [-0.4, -0.2) is 27.2 Å². The SMILES string of the molecule is CSc1cc(CS(=O)(=O)Cl)cc(SC)c1SC. The predicted octanol–water partition coefficient (Wildman–Crippen LogP) is 3.92. The van der Waals surface area contributed by atoms with Crippen molar-refractivity contribution in [2.75, 3.05) is 18.8 Å². The molecule has 0 amide bonds. The summed E-state index contributed by atoms with van der Waals surface area (Å²) in [6.07, 6.45) is 5.99. The van der Waals surface area contributed by atoms with Crippen LogP contribution in [-0.2, 0) is 14.8 Å². The highest BCUT2D eigenvalue weighted by Gasteiger charge is 2.13. The van der Waals surface area contributed by atoms with Gasteiger partial charge in [0.1, 0.15) is 0 Å². The lowest BCUT2D eigenvalue weighted by Crippen LogP contribution is -1.97. The summed E-state index contributed by atoms with van der Waals surface area (Å²) in [5.74, 6) is -0.121. The molecule has 0 unspecified atom stereocenters. The zero-order valence-electron chi connectivity index (χ0n) is 9.69. The van der Waals surface area contributed by atoms with E-state index in [-0.39, 0.29) is 5.75 Å². The number of halogens is 1. The molecule has 0 aliphatic carbocycles. The highest BCUT2D eigenvalue weighted by atomic mass is 35.7. The molecule has 0 fully saturated rings. The van der Waals surface area contributed by atoms with E-state index in [4.69, 9.17) is 10.7 Å². The molecule has 0 aliphatic heterocycles. The number of rotatable bonds is 5. The molecule has 0 N–H and O–H groups in total. The minimum atomic E-state index is -3.50. The first-order valence-corrected chi connectivity index (χ1v) is 10.8. The van der Waals surface area contributed by atoms with Crippen LogP contribution in [0.5, 0.6) is 0 Å². The van der Waals surface area contributed by atoms with Gasteiger partial charge in [-0.15, -0.1) is 35.3 Å². The van der Waals surface area contributed by atoms with Crippen LogP contribution in [0.2, 0.25) is 0 Å². The highest BCUT2D eigenvalue weighted by Crippen LogP contribution is 2.37. The van der Waals surface area contributed by atoms with Crippen molar-refractivity contribution in [3.63, 3.8) is 0 Å². The molecule has 0 heterocycles. The molecule has 0 aliphatic rings. The fourth-order valence-electron chi connectivity index (χ4n) is 1.42. The molecule has 0 saturated carbocycles. The normalized spacial score (nSPS) is 11.8. The van der Waals surface area contributed by atoms with Gasteiger partial charge in [0.05, 0.1) is 5.75 Å². The quantitative estimate of drug-likeness (QED) is 0.604. The largest absolute Gasteiger partial charge is 0.236 e. The Morgan fingerprint density at radius 3 is 1.82 bits per heavy atom. The van der Waals surface area contributed by atoms with Crippen LogP contribution in [0.15, 0.2) is 26.8 Å². The third kappa shape index (κ3) is 4.59. The van der Waals surface area contributed by atoms with Gasteiger partial charge in [0.15, 0.2) is 0 Å². The van der Waals surface area contributed by atoms with Crippen LogP contribution in [0.4, 0.5) is 0 Å². The van der Waals surface area contributed by atoms with E-state index in [2.05, 4.69) is 0 Å². The number of hydrogen-bond donors (Lipinski definition) is 0. The van der Waals surface area contributed by atoms with Crippen LogP contribution in [0, 0.1) is 0 Å². The van der Waals surface area contributed by atoms with Gasteiger partial charge in [-0.2, -0.15) is 0 Å². The van der Waals surface area contributed by atoms with E-state index in [1.54, 1.807) is 35.3 Å². The van der Waals surface area contributed by atoms with Gasteiger partial charge < -0.3 is 0 Å². The summed E-state index contributed by atoms with van der Waals surface area (Å²) in [5.41, 5.74) is 0.742. The molecule has 0 bridgehead atoms. The topological polar surface area (TPSA) is 34.1 Å². The van der Waals surface area contributed by atoms with Gasteiger partial charge >= 0.3 is 0 Å². The van der Waals surface area contributed by atoms with Crippen molar-refractivity contribution < 1.29 is 8.42 Å². The van der Waals surface area contributed by atoms with Crippen molar-refractivity contribution in [3.8, 4) is 0 Å². The van der Waals surface area contributed by atoms with E-state index in [9.17, 15) is 8.42 Å². The molecular formula is C10H13ClO2S4. The third-order valence-corrected chi connectivity index (χ3v) is 5.70. The Morgan fingerprint density at radius 2 is 1.53 bits per heavy atom. The predicted molar refractivity (Wildman–Crippen MR) is 80.3 cm³/mol. The summed E-state index contributed by atoms with van der Waals surface area (Å²) in [5, 5.41) is 0. The van der Waals surface area contributed by atoms with E-state index in [0.29, 0.717) is 0 Å². The zero-order valence-corrected chi connectivity index (χ0v) is 13.7.